The van der Waals surface area contributed by atoms with Crippen molar-refractivity contribution in [1.82, 2.24) is 9.55 Å². The first-order chi connectivity index (χ1) is 8.43. The minimum Gasteiger partial charge on any atom is -0.306 e. The highest BCUT2D eigenvalue weighted by Gasteiger charge is 2.30. The van der Waals surface area contributed by atoms with E-state index in [-0.39, 0.29) is 5.52 Å². The molecule has 2 rings (SSSR count). The number of aryl methyl sites for hydroxylation is 1. The molecule has 2 aromatic rings. The van der Waals surface area contributed by atoms with Crippen molar-refractivity contribution in [2.45, 2.75) is 19.1 Å². The molecule has 1 N–H and O–H groups in total. The molecule has 0 aliphatic heterocycles. The van der Waals surface area contributed by atoms with Gasteiger partial charge in [0, 0.05) is 12.4 Å². The van der Waals surface area contributed by atoms with E-state index in [2.05, 4.69) is 4.98 Å². The molecule has 3 nitrogen and oxygen atoms in total. The van der Waals surface area contributed by atoms with Gasteiger partial charge in [-0.15, -0.1) is 11.6 Å². The van der Waals surface area contributed by atoms with E-state index >= 15 is 0 Å². The molecular formula is C11H10ClF3N2O. The van der Waals surface area contributed by atoms with Crippen LogP contribution < -0.4 is 5.69 Å². The summed E-state index contributed by atoms with van der Waals surface area (Å²) >= 11 is 5.53. The molecule has 98 valence electrons. The molecule has 0 saturated heterocycles. The number of aromatic amines is 1. The van der Waals surface area contributed by atoms with Crippen molar-refractivity contribution in [1.29, 1.82) is 0 Å². The number of aromatic nitrogens is 2. The van der Waals surface area contributed by atoms with Gasteiger partial charge in [-0.2, -0.15) is 13.2 Å². The maximum atomic E-state index is 12.5. The van der Waals surface area contributed by atoms with Crippen molar-refractivity contribution in [3.63, 3.8) is 0 Å². The Morgan fingerprint density at radius 1 is 1.33 bits per heavy atom. The lowest BCUT2D eigenvalue weighted by molar-refractivity contribution is -0.137. The molecule has 0 fully saturated rings. The lowest BCUT2D eigenvalue weighted by Gasteiger charge is -2.06. The number of halogens is 4. The van der Waals surface area contributed by atoms with Gasteiger partial charge < -0.3 is 4.98 Å². The lowest BCUT2D eigenvalue weighted by atomic mass is 10.2. The summed E-state index contributed by atoms with van der Waals surface area (Å²) in [6, 6.07) is 3.20. The highest BCUT2D eigenvalue weighted by molar-refractivity contribution is 6.17. The summed E-state index contributed by atoms with van der Waals surface area (Å²) in [6.07, 6.45) is -3.83. The molecule has 1 heterocycles. The van der Waals surface area contributed by atoms with E-state index in [9.17, 15) is 18.0 Å². The first kappa shape index (κ1) is 13.0. The van der Waals surface area contributed by atoms with E-state index in [4.69, 9.17) is 11.6 Å². The van der Waals surface area contributed by atoms with Crippen LogP contribution in [0, 0.1) is 0 Å². The second-order valence-electron chi connectivity index (χ2n) is 3.85. The molecule has 0 radical (unpaired) electrons. The van der Waals surface area contributed by atoms with E-state index < -0.39 is 17.4 Å². The van der Waals surface area contributed by atoms with Crippen molar-refractivity contribution < 1.29 is 13.2 Å². The quantitative estimate of drug-likeness (QED) is 0.861. The second-order valence-corrected chi connectivity index (χ2v) is 4.23. The Hall–Kier alpha value is -1.43. The average molecular weight is 279 g/mol. The number of hydrogen-bond donors (Lipinski definition) is 1. The SMILES string of the molecule is O=c1[nH]c2cc(C(F)(F)F)ccc2n1CCCCl. The summed E-state index contributed by atoms with van der Waals surface area (Å²) < 4.78 is 38.9. The van der Waals surface area contributed by atoms with Gasteiger partial charge in [0.05, 0.1) is 16.6 Å². The van der Waals surface area contributed by atoms with Gasteiger partial charge in [0.15, 0.2) is 0 Å². The third-order valence-electron chi connectivity index (χ3n) is 2.62. The summed E-state index contributed by atoms with van der Waals surface area (Å²) in [5, 5.41) is 0. The average Bonchev–Trinajstić information content (AvgIpc) is 2.60. The van der Waals surface area contributed by atoms with Crippen molar-refractivity contribution in [2.75, 3.05) is 5.88 Å². The van der Waals surface area contributed by atoms with Crippen LogP contribution >= 0.6 is 11.6 Å². The lowest BCUT2D eigenvalue weighted by Crippen LogP contribution is -2.16. The maximum absolute atomic E-state index is 12.5. The van der Waals surface area contributed by atoms with Crippen LogP contribution in [-0.4, -0.2) is 15.4 Å². The van der Waals surface area contributed by atoms with Gasteiger partial charge in [-0.1, -0.05) is 0 Å². The second kappa shape index (κ2) is 4.68. The minimum atomic E-state index is -4.41. The maximum Gasteiger partial charge on any atom is 0.416 e. The number of benzene rings is 1. The van der Waals surface area contributed by atoms with Crippen LogP contribution in [0.3, 0.4) is 0 Å². The highest BCUT2D eigenvalue weighted by Crippen LogP contribution is 2.30. The summed E-state index contributed by atoms with van der Waals surface area (Å²) in [5.74, 6) is 0.389. The van der Waals surface area contributed by atoms with Crippen molar-refractivity contribution in [2.24, 2.45) is 0 Å². The summed E-state index contributed by atoms with van der Waals surface area (Å²) in [4.78, 5) is 14.0. The van der Waals surface area contributed by atoms with Crippen molar-refractivity contribution in [3.8, 4) is 0 Å². The molecule has 0 aliphatic rings. The normalized spacial score (nSPS) is 12.2. The predicted molar refractivity (Wildman–Crippen MR) is 62.9 cm³/mol. The number of nitrogens with one attached hydrogen (secondary N) is 1. The van der Waals surface area contributed by atoms with Gasteiger partial charge in [0.2, 0.25) is 0 Å². The van der Waals surface area contributed by atoms with Gasteiger partial charge in [-0.3, -0.25) is 4.57 Å². The molecule has 1 aromatic heterocycles. The standard InChI is InChI=1S/C11H10ClF3N2O/c12-4-1-5-17-9-3-2-7(11(13,14)15)6-8(9)16-10(17)18/h2-3,6H,1,4-5H2,(H,16,18). The Kier molecular flexibility index (Phi) is 3.38. The number of fused-ring (bicyclic) bond motifs is 1. The fourth-order valence-electron chi connectivity index (χ4n) is 1.78. The molecule has 0 saturated carbocycles. The molecular weight excluding hydrogens is 269 g/mol. The van der Waals surface area contributed by atoms with Gasteiger partial charge in [0.1, 0.15) is 0 Å². The number of H-pyrrole nitrogens is 1. The van der Waals surface area contributed by atoms with E-state index in [1.54, 1.807) is 0 Å². The third kappa shape index (κ3) is 2.38. The zero-order valence-corrected chi connectivity index (χ0v) is 9.98. The van der Waals surface area contributed by atoms with Gasteiger partial charge in [-0.25, -0.2) is 4.79 Å². The Balaban J connectivity index is 2.51. The number of nitrogens with zero attached hydrogens (tertiary/aromatic N) is 1. The highest BCUT2D eigenvalue weighted by atomic mass is 35.5. The number of alkyl halides is 4. The first-order valence-electron chi connectivity index (χ1n) is 5.29. The van der Waals surface area contributed by atoms with Gasteiger partial charge in [-0.05, 0) is 24.6 Å². The first-order valence-corrected chi connectivity index (χ1v) is 5.82. The smallest absolute Gasteiger partial charge is 0.306 e. The van der Waals surface area contributed by atoms with E-state index in [0.29, 0.717) is 24.4 Å². The zero-order valence-electron chi connectivity index (χ0n) is 9.22. The van der Waals surface area contributed by atoms with E-state index in [1.807, 2.05) is 0 Å². The van der Waals surface area contributed by atoms with Gasteiger partial charge >= 0.3 is 11.9 Å². The van der Waals surface area contributed by atoms with Crippen LogP contribution in [0.2, 0.25) is 0 Å². The van der Waals surface area contributed by atoms with Crippen molar-refractivity contribution >= 4 is 22.6 Å². The Labute approximate surface area is 105 Å². The van der Waals surface area contributed by atoms with Crippen LogP contribution in [0.4, 0.5) is 13.2 Å². The Morgan fingerprint density at radius 3 is 2.67 bits per heavy atom. The molecule has 18 heavy (non-hydrogen) atoms. The molecule has 0 amide bonds. The monoisotopic (exact) mass is 278 g/mol. The summed E-state index contributed by atoms with van der Waals surface area (Å²) in [7, 11) is 0. The number of imidazole rings is 1. The topological polar surface area (TPSA) is 37.8 Å². The Morgan fingerprint density at radius 2 is 2.06 bits per heavy atom. The van der Waals surface area contributed by atoms with Crippen molar-refractivity contribution in [3.05, 3.63) is 34.2 Å². The molecule has 0 unspecified atom stereocenters. The predicted octanol–water partition coefficient (Wildman–Crippen LogP) is 2.98. The fraction of sp³-hybridized carbons (Fsp3) is 0.364. The largest absolute Gasteiger partial charge is 0.416 e. The van der Waals surface area contributed by atoms with Crippen LogP contribution in [0.1, 0.15) is 12.0 Å². The Bertz CT molecular complexity index is 615. The molecule has 1 aromatic carbocycles. The van der Waals surface area contributed by atoms with Gasteiger partial charge in [0.25, 0.3) is 0 Å². The van der Waals surface area contributed by atoms with Crippen LogP contribution in [0.25, 0.3) is 11.0 Å². The fourth-order valence-corrected chi connectivity index (χ4v) is 1.90. The molecule has 0 aliphatic carbocycles. The number of hydrogen-bond acceptors (Lipinski definition) is 1. The summed E-state index contributed by atoms with van der Waals surface area (Å²) in [5.41, 5.74) is -0.558. The van der Waals surface area contributed by atoms with E-state index in [0.717, 1.165) is 12.1 Å². The number of rotatable bonds is 3. The van der Waals surface area contributed by atoms with E-state index in [1.165, 1.54) is 10.6 Å². The minimum absolute atomic E-state index is 0.185. The third-order valence-corrected chi connectivity index (χ3v) is 2.88. The molecule has 0 atom stereocenters. The van der Waals surface area contributed by atoms with Crippen LogP contribution in [-0.2, 0) is 12.7 Å². The molecule has 0 bridgehead atoms. The van der Waals surface area contributed by atoms with Crippen LogP contribution in [0.15, 0.2) is 23.0 Å². The van der Waals surface area contributed by atoms with Crippen LogP contribution in [0.5, 0.6) is 0 Å². The molecule has 0 spiro atoms. The zero-order chi connectivity index (χ0) is 13.3. The molecule has 7 heteroatoms. The summed E-state index contributed by atoms with van der Waals surface area (Å²) in [6.45, 7) is 0.383.